The van der Waals surface area contributed by atoms with Crippen molar-refractivity contribution in [2.75, 3.05) is 31.6 Å². The molecule has 2 aliphatic rings. The van der Waals surface area contributed by atoms with Crippen molar-refractivity contribution in [1.29, 1.82) is 0 Å². The molecule has 0 atom stereocenters. The summed E-state index contributed by atoms with van der Waals surface area (Å²) in [6, 6.07) is 15.8. The van der Waals surface area contributed by atoms with Gasteiger partial charge in [0.15, 0.2) is 13.2 Å². The first-order valence-corrected chi connectivity index (χ1v) is 14.6. The molecule has 0 radical (unpaired) electrons. The molecule has 3 aromatic carbocycles. The standard InChI is InChI=1S/C33H34N7O4/c1-20-14-21(6-11-28(20)43-23-7-9-26-25(15-23)36-19-38(26)5)37-31-29-24(34-18-35-31)8-10-27-30(29)42-17-22-16-39(12-13-40(22)27)32(41)44-33(2,3)4/h6-11,14-15,18-19H,12-13,16-17H2,1-5H3,(H,34,35,37)/q+1. The maximum atomic E-state index is 12.7. The van der Waals surface area contributed by atoms with Gasteiger partial charge >= 0.3 is 6.09 Å². The van der Waals surface area contributed by atoms with Gasteiger partial charge in [-0.05, 0) is 69.7 Å². The molecule has 4 heterocycles. The highest BCUT2D eigenvalue weighted by Gasteiger charge is 2.37. The van der Waals surface area contributed by atoms with E-state index >= 15 is 0 Å². The first-order chi connectivity index (χ1) is 21.1. The van der Waals surface area contributed by atoms with Crippen LogP contribution < -0.4 is 14.8 Å². The van der Waals surface area contributed by atoms with E-state index in [0.29, 0.717) is 32.1 Å². The van der Waals surface area contributed by atoms with Crippen LogP contribution in [-0.2, 0) is 11.8 Å². The number of aryl methyl sites for hydroxylation is 2. The van der Waals surface area contributed by atoms with Crippen molar-refractivity contribution >= 4 is 50.9 Å². The number of anilines is 2. The summed E-state index contributed by atoms with van der Waals surface area (Å²) in [7, 11) is 1.97. The van der Waals surface area contributed by atoms with Gasteiger partial charge in [-0.15, -0.1) is 0 Å². The average molecular weight is 593 g/mol. The fourth-order valence-electron chi connectivity index (χ4n) is 5.66. The van der Waals surface area contributed by atoms with Gasteiger partial charge in [0.2, 0.25) is 17.1 Å². The number of benzene rings is 3. The molecule has 11 heteroatoms. The summed E-state index contributed by atoms with van der Waals surface area (Å²) in [6.45, 7) is 9.64. The Kier molecular flexibility index (Phi) is 6.60. The van der Waals surface area contributed by atoms with Crippen molar-refractivity contribution < 1.29 is 23.6 Å². The lowest BCUT2D eigenvalue weighted by Gasteiger charge is -2.31. The van der Waals surface area contributed by atoms with E-state index in [0.717, 1.165) is 61.8 Å². The van der Waals surface area contributed by atoms with Crippen LogP contribution in [0.5, 0.6) is 17.2 Å². The Labute approximate surface area is 254 Å². The SMILES string of the molecule is Cc1cc(Nc2ncnc3ccc4c(c23)OCC2=[N+]4CCN(C(=O)OC(C)(C)C)C2)ccc1Oc1ccc2c(c1)ncn2C. The van der Waals surface area contributed by atoms with Crippen LogP contribution >= 0.6 is 0 Å². The predicted molar refractivity (Wildman–Crippen MR) is 168 cm³/mol. The highest BCUT2D eigenvalue weighted by Crippen LogP contribution is 2.41. The summed E-state index contributed by atoms with van der Waals surface area (Å²) in [5, 5.41) is 4.28. The smallest absolute Gasteiger partial charge is 0.411 e. The maximum Gasteiger partial charge on any atom is 0.411 e. The Hall–Kier alpha value is -5.19. The van der Waals surface area contributed by atoms with E-state index < -0.39 is 5.60 Å². The lowest BCUT2D eigenvalue weighted by molar-refractivity contribution is -0.453. The van der Waals surface area contributed by atoms with Crippen molar-refractivity contribution in [2.45, 2.75) is 33.3 Å². The Morgan fingerprint density at radius 2 is 1.91 bits per heavy atom. The fraction of sp³-hybridized carbons (Fsp3) is 0.303. The fourth-order valence-corrected chi connectivity index (χ4v) is 5.66. The minimum absolute atomic E-state index is 0.310. The average Bonchev–Trinajstić information content (AvgIpc) is 3.36. The number of imidazole rings is 1. The number of hydrogen-bond acceptors (Lipinski definition) is 8. The number of ether oxygens (including phenoxy) is 3. The number of carbonyl (C=O) groups is 1. The number of aromatic nitrogens is 4. The molecule has 0 bridgehead atoms. The maximum absolute atomic E-state index is 12.7. The molecule has 5 aromatic rings. The van der Waals surface area contributed by atoms with Gasteiger partial charge in [-0.1, -0.05) is 0 Å². The monoisotopic (exact) mass is 592 g/mol. The molecule has 0 aliphatic carbocycles. The van der Waals surface area contributed by atoms with Crippen LogP contribution in [0.4, 0.5) is 22.0 Å². The van der Waals surface area contributed by atoms with Gasteiger partial charge < -0.3 is 24.1 Å². The Morgan fingerprint density at radius 3 is 2.73 bits per heavy atom. The molecule has 0 unspecified atom stereocenters. The molecule has 0 fully saturated rings. The molecular weight excluding hydrogens is 558 g/mol. The van der Waals surface area contributed by atoms with Crippen molar-refractivity contribution in [3.8, 4) is 17.2 Å². The number of carbonyl (C=O) groups excluding carboxylic acids is 1. The molecule has 0 saturated carbocycles. The number of nitrogens with one attached hydrogen (secondary N) is 1. The highest BCUT2D eigenvalue weighted by molar-refractivity contribution is 6.00. The van der Waals surface area contributed by atoms with Gasteiger partial charge in [0.05, 0.1) is 34.8 Å². The molecule has 7 rings (SSSR count). The van der Waals surface area contributed by atoms with Crippen molar-refractivity contribution in [2.24, 2.45) is 7.05 Å². The van der Waals surface area contributed by atoms with Gasteiger partial charge in [-0.2, -0.15) is 4.58 Å². The Bertz CT molecular complexity index is 1970. The summed E-state index contributed by atoms with van der Waals surface area (Å²) in [5.74, 6) is 2.86. The number of hydrogen-bond donors (Lipinski definition) is 1. The molecule has 2 aromatic heterocycles. The first kappa shape index (κ1) is 27.6. The van der Waals surface area contributed by atoms with E-state index in [2.05, 4.69) is 24.8 Å². The highest BCUT2D eigenvalue weighted by atomic mass is 16.6. The van der Waals surface area contributed by atoms with Crippen LogP contribution in [0.3, 0.4) is 0 Å². The zero-order valence-electron chi connectivity index (χ0n) is 25.4. The molecule has 2 aliphatic heterocycles. The third-order valence-electron chi connectivity index (χ3n) is 7.77. The molecule has 1 N–H and O–H groups in total. The van der Waals surface area contributed by atoms with Gasteiger partial charge in [0, 0.05) is 24.9 Å². The second kappa shape index (κ2) is 10.5. The van der Waals surface area contributed by atoms with Crippen LogP contribution in [0.2, 0.25) is 0 Å². The summed E-state index contributed by atoms with van der Waals surface area (Å²) in [4.78, 5) is 28.0. The first-order valence-electron chi connectivity index (χ1n) is 14.6. The van der Waals surface area contributed by atoms with Crippen LogP contribution in [0.1, 0.15) is 26.3 Å². The van der Waals surface area contributed by atoms with Crippen LogP contribution in [-0.4, -0.2) is 72.6 Å². The largest absolute Gasteiger partial charge is 0.475 e. The van der Waals surface area contributed by atoms with E-state index in [1.165, 1.54) is 0 Å². The van der Waals surface area contributed by atoms with E-state index in [1.54, 1.807) is 17.6 Å². The van der Waals surface area contributed by atoms with Gasteiger partial charge in [-0.25, -0.2) is 19.7 Å². The summed E-state index contributed by atoms with van der Waals surface area (Å²) < 4.78 is 22.4. The van der Waals surface area contributed by atoms with Crippen molar-refractivity contribution in [3.05, 3.63) is 66.7 Å². The minimum atomic E-state index is -0.544. The molecule has 0 spiro atoms. The second-order valence-corrected chi connectivity index (χ2v) is 12.2. The van der Waals surface area contributed by atoms with E-state index in [-0.39, 0.29) is 6.09 Å². The molecule has 1 amide bonds. The van der Waals surface area contributed by atoms with Crippen LogP contribution in [0, 0.1) is 6.92 Å². The van der Waals surface area contributed by atoms with Gasteiger partial charge in [0.25, 0.3) is 0 Å². The van der Waals surface area contributed by atoms with Gasteiger partial charge in [0.1, 0.15) is 35.8 Å². The van der Waals surface area contributed by atoms with Crippen molar-refractivity contribution in [1.82, 2.24) is 24.4 Å². The summed E-state index contributed by atoms with van der Waals surface area (Å²) in [5.41, 5.74) is 5.94. The summed E-state index contributed by atoms with van der Waals surface area (Å²) in [6.07, 6.45) is 3.04. The summed E-state index contributed by atoms with van der Waals surface area (Å²) >= 11 is 0. The number of fused-ring (bicyclic) bond motifs is 5. The van der Waals surface area contributed by atoms with E-state index in [1.807, 2.05) is 87.8 Å². The Morgan fingerprint density at radius 1 is 1.05 bits per heavy atom. The molecule has 11 nitrogen and oxygen atoms in total. The van der Waals surface area contributed by atoms with Crippen molar-refractivity contribution in [3.63, 3.8) is 0 Å². The molecule has 0 saturated heterocycles. The number of nitrogens with zero attached hydrogens (tertiary/aromatic N) is 6. The van der Waals surface area contributed by atoms with Crippen LogP contribution in [0.25, 0.3) is 21.9 Å². The zero-order chi connectivity index (χ0) is 30.6. The lowest BCUT2D eigenvalue weighted by Crippen LogP contribution is -2.50. The number of rotatable bonds is 4. The molecule has 44 heavy (non-hydrogen) atoms. The quantitative estimate of drug-likeness (QED) is 0.250. The van der Waals surface area contributed by atoms with E-state index in [9.17, 15) is 4.79 Å². The number of amides is 1. The lowest BCUT2D eigenvalue weighted by atomic mass is 10.1. The topological polar surface area (TPSA) is 107 Å². The third-order valence-corrected chi connectivity index (χ3v) is 7.77. The minimum Gasteiger partial charge on any atom is -0.475 e. The normalized spacial score (nSPS) is 14.7. The van der Waals surface area contributed by atoms with Gasteiger partial charge in [-0.3, -0.25) is 4.90 Å². The second-order valence-electron chi connectivity index (χ2n) is 12.2. The predicted octanol–water partition coefficient (Wildman–Crippen LogP) is 6.09. The third kappa shape index (κ3) is 5.14. The van der Waals surface area contributed by atoms with E-state index in [4.69, 9.17) is 14.2 Å². The molecular formula is C33H34N7O4+. The van der Waals surface area contributed by atoms with Crippen LogP contribution in [0.15, 0.2) is 61.2 Å². The molecule has 224 valence electrons. The zero-order valence-corrected chi connectivity index (χ0v) is 25.4. The Balaban J connectivity index is 1.15.